The highest BCUT2D eigenvalue weighted by Gasteiger charge is 2.19. The van der Waals surface area contributed by atoms with E-state index < -0.39 is 5.97 Å². The number of aryl methyl sites for hydroxylation is 1. The number of anilines is 1. The second-order valence-electron chi connectivity index (χ2n) is 5.25. The summed E-state index contributed by atoms with van der Waals surface area (Å²) in [7, 11) is 0. The normalized spacial score (nSPS) is 14.4. The van der Waals surface area contributed by atoms with Crippen molar-refractivity contribution in [3.05, 3.63) is 41.6 Å². The second kappa shape index (κ2) is 5.52. The summed E-state index contributed by atoms with van der Waals surface area (Å²) in [6.07, 6.45) is 2.23. The SMILES string of the molecule is Cc1ccccc1-c1nc(C(=O)O)cc(N2CCCC2)n1. The Morgan fingerprint density at radius 1 is 1.19 bits per heavy atom. The minimum absolute atomic E-state index is 0.0464. The van der Waals surface area contributed by atoms with Gasteiger partial charge in [0.25, 0.3) is 0 Å². The van der Waals surface area contributed by atoms with Crippen LogP contribution in [0.4, 0.5) is 5.82 Å². The van der Waals surface area contributed by atoms with Gasteiger partial charge in [0.2, 0.25) is 0 Å². The molecule has 5 heteroatoms. The Morgan fingerprint density at radius 2 is 1.90 bits per heavy atom. The van der Waals surface area contributed by atoms with Gasteiger partial charge in [-0.3, -0.25) is 0 Å². The molecule has 1 aliphatic heterocycles. The summed E-state index contributed by atoms with van der Waals surface area (Å²) in [4.78, 5) is 22.2. The molecule has 21 heavy (non-hydrogen) atoms. The van der Waals surface area contributed by atoms with Gasteiger partial charge in [-0.05, 0) is 25.3 Å². The number of nitrogens with zero attached hydrogens (tertiary/aromatic N) is 3. The molecule has 0 radical (unpaired) electrons. The van der Waals surface area contributed by atoms with E-state index in [-0.39, 0.29) is 5.69 Å². The monoisotopic (exact) mass is 283 g/mol. The molecule has 1 saturated heterocycles. The van der Waals surface area contributed by atoms with Gasteiger partial charge >= 0.3 is 5.97 Å². The zero-order valence-corrected chi connectivity index (χ0v) is 11.9. The highest BCUT2D eigenvalue weighted by Crippen LogP contribution is 2.25. The summed E-state index contributed by atoms with van der Waals surface area (Å²) in [5.74, 6) is 0.167. The molecule has 1 N–H and O–H groups in total. The first kappa shape index (κ1) is 13.5. The lowest BCUT2D eigenvalue weighted by atomic mass is 10.1. The van der Waals surface area contributed by atoms with Gasteiger partial charge in [0.05, 0.1) is 0 Å². The lowest BCUT2D eigenvalue weighted by Gasteiger charge is -2.17. The topological polar surface area (TPSA) is 66.3 Å². The van der Waals surface area contributed by atoms with Crippen molar-refractivity contribution in [3.8, 4) is 11.4 Å². The van der Waals surface area contributed by atoms with E-state index in [0.717, 1.165) is 37.1 Å². The molecule has 0 saturated carbocycles. The predicted molar refractivity (Wildman–Crippen MR) is 80.6 cm³/mol. The van der Waals surface area contributed by atoms with Crippen LogP contribution in [-0.2, 0) is 0 Å². The number of aromatic nitrogens is 2. The van der Waals surface area contributed by atoms with Crippen LogP contribution >= 0.6 is 0 Å². The van der Waals surface area contributed by atoms with E-state index in [9.17, 15) is 9.90 Å². The van der Waals surface area contributed by atoms with Crippen LogP contribution in [0.15, 0.2) is 30.3 Å². The molecule has 0 unspecified atom stereocenters. The van der Waals surface area contributed by atoms with Gasteiger partial charge in [-0.15, -0.1) is 0 Å². The first-order chi connectivity index (χ1) is 10.1. The van der Waals surface area contributed by atoms with E-state index in [1.807, 2.05) is 31.2 Å². The van der Waals surface area contributed by atoms with Crippen LogP contribution in [-0.4, -0.2) is 34.1 Å². The number of carboxylic acid groups (broad SMARTS) is 1. The van der Waals surface area contributed by atoms with E-state index in [0.29, 0.717) is 11.6 Å². The smallest absolute Gasteiger partial charge is 0.354 e. The van der Waals surface area contributed by atoms with Crippen molar-refractivity contribution >= 4 is 11.8 Å². The van der Waals surface area contributed by atoms with E-state index in [1.54, 1.807) is 6.07 Å². The van der Waals surface area contributed by atoms with Crippen molar-refractivity contribution in [2.24, 2.45) is 0 Å². The molecule has 3 rings (SSSR count). The molecule has 0 aliphatic carbocycles. The highest BCUT2D eigenvalue weighted by molar-refractivity contribution is 5.87. The average Bonchev–Trinajstić information content (AvgIpc) is 3.01. The molecule has 1 aromatic carbocycles. The van der Waals surface area contributed by atoms with Crippen LogP contribution in [0.5, 0.6) is 0 Å². The molecule has 0 spiro atoms. The van der Waals surface area contributed by atoms with Crippen LogP contribution in [0.1, 0.15) is 28.9 Å². The maximum atomic E-state index is 11.3. The Morgan fingerprint density at radius 3 is 2.57 bits per heavy atom. The Kier molecular flexibility index (Phi) is 3.56. The Hall–Kier alpha value is -2.43. The Bertz CT molecular complexity index is 679. The van der Waals surface area contributed by atoms with Crippen LogP contribution < -0.4 is 4.90 Å². The summed E-state index contributed by atoms with van der Waals surface area (Å²) >= 11 is 0. The first-order valence-corrected chi connectivity index (χ1v) is 7.08. The highest BCUT2D eigenvalue weighted by atomic mass is 16.4. The summed E-state index contributed by atoms with van der Waals surface area (Å²) in [6.45, 7) is 3.81. The number of rotatable bonds is 3. The Labute approximate surface area is 123 Å². The molecule has 2 heterocycles. The summed E-state index contributed by atoms with van der Waals surface area (Å²) in [5, 5.41) is 9.28. The molecule has 1 aliphatic rings. The van der Waals surface area contributed by atoms with Crippen molar-refractivity contribution in [1.82, 2.24) is 9.97 Å². The Balaban J connectivity index is 2.11. The second-order valence-corrected chi connectivity index (χ2v) is 5.25. The molecule has 1 fully saturated rings. The van der Waals surface area contributed by atoms with Gasteiger partial charge in [0, 0.05) is 24.7 Å². The van der Waals surface area contributed by atoms with Gasteiger partial charge in [-0.2, -0.15) is 0 Å². The van der Waals surface area contributed by atoms with Gasteiger partial charge in [0.15, 0.2) is 11.5 Å². The number of hydrogen-bond acceptors (Lipinski definition) is 4. The van der Waals surface area contributed by atoms with Crippen molar-refractivity contribution in [2.75, 3.05) is 18.0 Å². The molecule has 1 aromatic heterocycles. The molecular formula is C16H17N3O2. The van der Waals surface area contributed by atoms with Crippen molar-refractivity contribution in [3.63, 3.8) is 0 Å². The average molecular weight is 283 g/mol. The maximum Gasteiger partial charge on any atom is 0.354 e. The van der Waals surface area contributed by atoms with E-state index >= 15 is 0 Å². The molecule has 2 aromatic rings. The molecule has 5 nitrogen and oxygen atoms in total. The largest absolute Gasteiger partial charge is 0.477 e. The zero-order valence-electron chi connectivity index (χ0n) is 11.9. The summed E-state index contributed by atoms with van der Waals surface area (Å²) in [5.41, 5.74) is 1.96. The van der Waals surface area contributed by atoms with Crippen LogP contribution in [0.3, 0.4) is 0 Å². The quantitative estimate of drug-likeness (QED) is 0.938. The van der Waals surface area contributed by atoms with Gasteiger partial charge in [-0.25, -0.2) is 14.8 Å². The summed E-state index contributed by atoms with van der Waals surface area (Å²) in [6, 6.07) is 9.32. The van der Waals surface area contributed by atoms with Crippen molar-refractivity contribution in [1.29, 1.82) is 0 Å². The lowest BCUT2D eigenvalue weighted by molar-refractivity contribution is 0.0690. The predicted octanol–water partition coefficient (Wildman–Crippen LogP) is 2.75. The van der Waals surface area contributed by atoms with Crippen molar-refractivity contribution in [2.45, 2.75) is 19.8 Å². The lowest BCUT2D eigenvalue weighted by Crippen LogP contribution is -2.20. The fourth-order valence-electron chi connectivity index (χ4n) is 2.60. The van der Waals surface area contributed by atoms with Gasteiger partial charge < -0.3 is 10.0 Å². The molecule has 0 amide bonds. The molecule has 0 bridgehead atoms. The zero-order chi connectivity index (χ0) is 14.8. The number of benzene rings is 1. The minimum Gasteiger partial charge on any atom is -0.477 e. The third kappa shape index (κ3) is 2.72. The minimum atomic E-state index is -1.02. The fraction of sp³-hybridized carbons (Fsp3) is 0.312. The third-order valence-corrected chi connectivity index (χ3v) is 3.75. The van der Waals surface area contributed by atoms with Gasteiger partial charge in [-0.1, -0.05) is 24.3 Å². The van der Waals surface area contributed by atoms with Gasteiger partial charge in [0.1, 0.15) is 5.82 Å². The summed E-state index contributed by atoms with van der Waals surface area (Å²) < 4.78 is 0. The number of carbonyl (C=O) groups is 1. The van der Waals surface area contributed by atoms with E-state index in [1.165, 1.54) is 0 Å². The fourth-order valence-corrected chi connectivity index (χ4v) is 2.60. The van der Waals surface area contributed by atoms with Crippen LogP contribution in [0.2, 0.25) is 0 Å². The number of hydrogen-bond donors (Lipinski definition) is 1. The molecule has 108 valence electrons. The molecule has 0 atom stereocenters. The first-order valence-electron chi connectivity index (χ1n) is 7.08. The van der Waals surface area contributed by atoms with Crippen LogP contribution in [0.25, 0.3) is 11.4 Å². The standard InChI is InChI=1S/C16H17N3O2/c1-11-6-2-3-7-12(11)15-17-13(16(20)21)10-14(18-15)19-8-4-5-9-19/h2-3,6-7,10H,4-5,8-9H2,1H3,(H,20,21). The molecular weight excluding hydrogens is 266 g/mol. The maximum absolute atomic E-state index is 11.3. The van der Waals surface area contributed by atoms with Crippen molar-refractivity contribution < 1.29 is 9.90 Å². The number of aromatic carboxylic acids is 1. The van der Waals surface area contributed by atoms with E-state index in [2.05, 4.69) is 14.9 Å². The number of carboxylic acids is 1. The van der Waals surface area contributed by atoms with E-state index in [4.69, 9.17) is 0 Å². The van der Waals surface area contributed by atoms with Crippen LogP contribution in [0, 0.1) is 6.92 Å². The third-order valence-electron chi connectivity index (χ3n) is 3.75.